The van der Waals surface area contributed by atoms with Crippen molar-refractivity contribution in [2.75, 3.05) is 39.7 Å². The Balaban J connectivity index is 1.36. The SMILES string of the molecule is COc1ccc(-c2noc([C@@H]3C[C@H](NCc4ccc(N(C)C)cc4)CN3C)n2)cc1. The van der Waals surface area contributed by atoms with Crippen molar-refractivity contribution in [3.8, 4) is 17.1 Å². The Kier molecular flexibility index (Phi) is 6.01. The quantitative estimate of drug-likeness (QED) is 0.644. The molecule has 0 unspecified atom stereocenters. The second-order valence-electron chi connectivity index (χ2n) is 8.01. The van der Waals surface area contributed by atoms with Gasteiger partial charge in [-0.3, -0.25) is 4.90 Å². The topological polar surface area (TPSA) is 66.7 Å². The van der Waals surface area contributed by atoms with E-state index in [0.717, 1.165) is 30.8 Å². The van der Waals surface area contributed by atoms with Gasteiger partial charge in [0, 0.05) is 44.5 Å². The van der Waals surface area contributed by atoms with Gasteiger partial charge in [-0.05, 0) is 55.4 Å². The fourth-order valence-electron chi connectivity index (χ4n) is 3.84. The zero-order valence-electron chi connectivity index (χ0n) is 18.0. The van der Waals surface area contributed by atoms with Gasteiger partial charge in [-0.25, -0.2) is 0 Å². The van der Waals surface area contributed by atoms with Crippen LogP contribution in [-0.2, 0) is 6.54 Å². The number of likely N-dealkylation sites (N-methyl/N-ethyl adjacent to an activating group) is 1. The van der Waals surface area contributed by atoms with Gasteiger partial charge in [0.1, 0.15) is 5.75 Å². The fourth-order valence-corrected chi connectivity index (χ4v) is 3.84. The van der Waals surface area contributed by atoms with E-state index in [1.165, 1.54) is 11.3 Å². The first-order valence-corrected chi connectivity index (χ1v) is 10.2. The van der Waals surface area contributed by atoms with Crippen LogP contribution in [0.2, 0.25) is 0 Å². The number of ether oxygens (including phenoxy) is 1. The summed E-state index contributed by atoms with van der Waals surface area (Å²) in [5.41, 5.74) is 3.41. The van der Waals surface area contributed by atoms with Gasteiger partial charge in [0.15, 0.2) is 0 Å². The average Bonchev–Trinajstić information content (AvgIpc) is 3.39. The summed E-state index contributed by atoms with van der Waals surface area (Å²) in [7, 11) is 7.87. The summed E-state index contributed by atoms with van der Waals surface area (Å²) in [6.45, 7) is 1.79. The van der Waals surface area contributed by atoms with Crippen molar-refractivity contribution < 1.29 is 9.26 Å². The van der Waals surface area contributed by atoms with Crippen LogP contribution in [0.1, 0.15) is 23.9 Å². The molecule has 0 aliphatic carbocycles. The molecule has 1 aliphatic rings. The highest BCUT2D eigenvalue weighted by molar-refractivity contribution is 5.55. The summed E-state index contributed by atoms with van der Waals surface area (Å²) in [6.07, 6.45) is 0.941. The lowest BCUT2D eigenvalue weighted by molar-refractivity contribution is 0.244. The molecule has 2 aromatic carbocycles. The monoisotopic (exact) mass is 407 g/mol. The minimum absolute atomic E-state index is 0.123. The number of methoxy groups -OCH3 is 1. The van der Waals surface area contributed by atoms with E-state index >= 15 is 0 Å². The highest BCUT2D eigenvalue weighted by atomic mass is 16.5. The third kappa shape index (κ3) is 4.47. The third-order valence-electron chi connectivity index (χ3n) is 5.67. The number of anilines is 1. The Morgan fingerprint density at radius 1 is 1.13 bits per heavy atom. The molecule has 3 aromatic rings. The maximum absolute atomic E-state index is 5.61. The molecule has 0 saturated carbocycles. The molecule has 4 rings (SSSR count). The second kappa shape index (κ2) is 8.85. The number of likely N-dealkylation sites (tertiary alicyclic amines) is 1. The Hall–Kier alpha value is -2.90. The van der Waals surface area contributed by atoms with Gasteiger partial charge < -0.3 is 19.5 Å². The standard InChI is InChI=1S/C23H29N5O2/c1-27(2)19-9-5-16(6-10-19)14-24-18-13-21(28(3)15-18)23-25-22(26-30-23)17-7-11-20(29-4)12-8-17/h5-12,18,21,24H,13-15H2,1-4H3/t18-,21-/m0/s1. The van der Waals surface area contributed by atoms with Gasteiger partial charge in [0.25, 0.3) is 0 Å². The molecular formula is C23H29N5O2. The molecule has 2 heterocycles. The van der Waals surface area contributed by atoms with E-state index in [1.807, 2.05) is 24.3 Å². The van der Waals surface area contributed by atoms with E-state index in [0.29, 0.717) is 17.8 Å². The van der Waals surface area contributed by atoms with E-state index in [1.54, 1.807) is 7.11 Å². The van der Waals surface area contributed by atoms with Gasteiger partial charge in [-0.15, -0.1) is 0 Å². The predicted molar refractivity (Wildman–Crippen MR) is 118 cm³/mol. The molecule has 1 aromatic heterocycles. The maximum atomic E-state index is 5.61. The zero-order valence-corrected chi connectivity index (χ0v) is 18.0. The number of aromatic nitrogens is 2. The van der Waals surface area contributed by atoms with Crippen LogP contribution in [0.15, 0.2) is 53.1 Å². The van der Waals surface area contributed by atoms with E-state index in [9.17, 15) is 0 Å². The van der Waals surface area contributed by atoms with Crippen molar-refractivity contribution in [3.63, 3.8) is 0 Å². The molecule has 1 saturated heterocycles. The highest BCUT2D eigenvalue weighted by Gasteiger charge is 2.34. The van der Waals surface area contributed by atoms with Crippen LogP contribution in [0.3, 0.4) is 0 Å². The van der Waals surface area contributed by atoms with Crippen LogP contribution in [0.5, 0.6) is 5.75 Å². The number of rotatable bonds is 7. The van der Waals surface area contributed by atoms with Gasteiger partial charge in [-0.2, -0.15) is 4.98 Å². The van der Waals surface area contributed by atoms with Crippen molar-refractivity contribution in [1.82, 2.24) is 20.4 Å². The van der Waals surface area contributed by atoms with Gasteiger partial charge in [0.05, 0.1) is 13.2 Å². The number of hydrogen-bond acceptors (Lipinski definition) is 7. The molecule has 0 radical (unpaired) electrons. The number of nitrogens with one attached hydrogen (secondary N) is 1. The normalized spacial score (nSPS) is 19.2. The van der Waals surface area contributed by atoms with Crippen LogP contribution in [-0.4, -0.2) is 55.9 Å². The van der Waals surface area contributed by atoms with E-state index < -0.39 is 0 Å². The maximum Gasteiger partial charge on any atom is 0.244 e. The molecule has 2 atom stereocenters. The van der Waals surface area contributed by atoms with Crippen molar-refractivity contribution in [3.05, 3.63) is 60.0 Å². The minimum Gasteiger partial charge on any atom is -0.497 e. The van der Waals surface area contributed by atoms with Crippen molar-refractivity contribution in [2.45, 2.75) is 25.0 Å². The van der Waals surface area contributed by atoms with Gasteiger partial charge >= 0.3 is 0 Å². The molecule has 1 N–H and O–H groups in total. The van der Waals surface area contributed by atoms with Gasteiger partial charge in [-0.1, -0.05) is 17.3 Å². The predicted octanol–water partition coefficient (Wildman–Crippen LogP) is 3.35. The highest BCUT2D eigenvalue weighted by Crippen LogP contribution is 2.31. The van der Waals surface area contributed by atoms with Crippen molar-refractivity contribution in [2.24, 2.45) is 0 Å². The molecule has 0 bridgehead atoms. The van der Waals surface area contributed by atoms with E-state index in [2.05, 4.69) is 70.7 Å². The Morgan fingerprint density at radius 2 is 1.87 bits per heavy atom. The summed E-state index contributed by atoms with van der Waals surface area (Å²) in [5.74, 6) is 2.09. The third-order valence-corrected chi connectivity index (χ3v) is 5.67. The van der Waals surface area contributed by atoms with E-state index in [-0.39, 0.29) is 6.04 Å². The summed E-state index contributed by atoms with van der Waals surface area (Å²) in [6, 6.07) is 16.9. The molecule has 7 nitrogen and oxygen atoms in total. The lowest BCUT2D eigenvalue weighted by Gasteiger charge is -2.15. The second-order valence-corrected chi connectivity index (χ2v) is 8.01. The number of nitrogens with zero attached hydrogens (tertiary/aromatic N) is 4. The average molecular weight is 408 g/mol. The summed E-state index contributed by atoms with van der Waals surface area (Å²) >= 11 is 0. The molecule has 1 fully saturated rings. The Bertz CT molecular complexity index is 952. The van der Waals surface area contributed by atoms with Crippen LogP contribution >= 0.6 is 0 Å². The summed E-state index contributed by atoms with van der Waals surface area (Å²) in [5, 5.41) is 7.85. The van der Waals surface area contributed by atoms with Crippen LogP contribution in [0, 0.1) is 0 Å². The van der Waals surface area contributed by atoms with Crippen molar-refractivity contribution >= 4 is 5.69 Å². The Labute approximate surface area is 177 Å². The lowest BCUT2D eigenvalue weighted by Crippen LogP contribution is -2.30. The Morgan fingerprint density at radius 3 is 2.53 bits per heavy atom. The van der Waals surface area contributed by atoms with Gasteiger partial charge in [0.2, 0.25) is 11.7 Å². The number of benzene rings is 2. The fraction of sp³-hybridized carbons (Fsp3) is 0.391. The van der Waals surface area contributed by atoms with Crippen LogP contribution in [0.4, 0.5) is 5.69 Å². The first-order chi connectivity index (χ1) is 14.5. The summed E-state index contributed by atoms with van der Waals surface area (Å²) < 4.78 is 10.8. The zero-order chi connectivity index (χ0) is 21.1. The van der Waals surface area contributed by atoms with E-state index in [4.69, 9.17) is 9.26 Å². The molecule has 30 heavy (non-hydrogen) atoms. The summed E-state index contributed by atoms with van der Waals surface area (Å²) in [4.78, 5) is 9.04. The number of hydrogen-bond donors (Lipinski definition) is 1. The molecule has 0 amide bonds. The van der Waals surface area contributed by atoms with Crippen LogP contribution < -0.4 is 15.0 Å². The minimum atomic E-state index is 0.123. The smallest absolute Gasteiger partial charge is 0.244 e. The lowest BCUT2D eigenvalue weighted by atomic mass is 10.1. The molecule has 0 spiro atoms. The molecular weight excluding hydrogens is 378 g/mol. The molecule has 1 aliphatic heterocycles. The first-order valence-electron chi connectivity index (χ1n) is 10.2. The largest absolute Gasteiger partial charge is 0.497 e. The molecule has 7 heteroatoms. The molecule has 158 valence electrons. The van der Waals surface area contributed by atoms with Crippen molar-refractivity contribution in [1.29, 1.82) is 0 Å². The first kappa shape index (κ1) is 20.4. The van der Waals surface area contributed by atoms with Crippen LogP contribution in [0.25, 0.3) is 11.4 Å².